The number of H-pyrrole nitrogens is 2. The highest BCUT2D eigenvalue weighted by Gasteiger charge is 2.46. The Morgan fingerprint density at radius 1 is 0.534 bits per heavy atom. The minimum Gasteiger partial charge on any atom is -0.508 e. The number of fused-ring (bicyclic) bond motifs is 4. The van der Waals surface area contributed by atoms with Gasteiger partial charge in [-0.2, -0.15) is 0 Å². The predicted molar refractivity (Wildman–Crippen MR) is 487 cm³/mol. The van der Waals surface area contributed by atoms with E-state index < -0.39 is 218 Å². The van der Waals surface area contributed by atoms with E-state index in [1.54, 1.807) is 75.3 Å². The van der Waals surface area contributed by atoms with Crippen molar-refractivity contribution < 1.29 is 91.7 Å². The molecule has 4 aliphatic heterocycles. The maximum absolute atomic E-state index is 15.6. The lowest BCUT2D eigenvalue weighted by molar-refractivity contribution is -0.149. The monoisotopic (exact) mass is 1840 g/mol. The van der Waals surface area contributed by atoms with Crippen LogP contribution in [0.15, 0.2) is 85.2 Å². The highest BCUT2D eigenvalue weighted by molar-refractivity contribution is 8.00. The summed E-state index contributed by atoms with van der Waals surface area (Å²) in [6.45, 7) is 10.8. The molecule has 0 bridgehead atoms. The number of nitrogens with two attached hydrogens (primary N) is 2. The average Bonchev–Trinajstić information content (AvgIpc) is 1.64. The fourth-order valence-electron chi connectivity index (χ4n) is 17.0. The molecule has 40 heteroatoms. The summed E-state index contributed by atoms with van der Waals surface area (Å²) >= 11 is 0.850. The number of rotatable bonds is 22. The van der Waals surface area contributed by atoms with E-state index in [9.17, 15) is 63.0 Å². The molecule has 2 aromatic heterocycles. The molecule has 714 valence electrons. The number of aromatic nitrogens is 2. The number of nitrogens with one attached hydrogen (secondary N) is 12. The fourth-order valence-corrected chi connectivity index (χ4v) is 17.8. The number of likely N-dealkylation sites (tertiary alicyclic amines) is 1. The molecule has 4 saturated heterocycles. The lowest BCUT2D eigenvalue weighted by atomic mass is 9.99. The molecule has 14 atom stereocenters. The quantitative estimate of drug-likeness (QED) is 0.0420. The van der Waals surface area contributed by atoms with Crippen LogP contribution in [0.1, 0.15) is 155 Å². The Kier molecular flexibility index (Phi) is 38.1. The number of carbonyl (C=O) groups is 17. The summed E-state index contributed by atoms with van der Waals surface area (Å²) in [4.78, 5) is 263. The number of para-hydroxylation sites is 2. The zero-order chi connectivity index (χ0) is 95.6. The second-order valence-electron chi connectivity index (χ2n) is 35.2. The first kappa shape index (κ1) is 103. The number of phenolic OH excluding ortho intramolecular Hbond substituents is 1. The van der Waals surface area contributed by atoms with E-state index in [0.717, 1.165) is 39.3 Å². The van der Waals surface area contributed by atoms with Crippen molar-refractivity contribution in [3.8, 4) is 5.75 Å². The molecular weight excluding hydrogens is 1710 g/mol. The van der Waals surface area contributed by atoms with Crippen LogP contribution in [0.5, 0.6) is 5.75 Å². The minimum absolute atomic E-state index is 0.00625. The maximum Gasteiger partial charge on any atom is 0.246 e. The topological polar surface area (TPSA) is 554 Å². The second-order valence-corrected chi connectivity index (χ2v) is 36.3. The third-order valence-electron chi connectivity index (χ3n) is 24.4. The van der Waals surface area contributed by atoms with E-state index in [-0.39, 0.29) is 100.0 Å². The van der Waals surface area contributed by atoms with Gasteiger partial charge in [-0.1, -0.05) is 116 Å². The van der Waals surface area contributed by atoms with Crippen molar-refractivity contribution >= 4 is 134 Å². The molecule has 4 fully saturated rings. The van der Waals surface area contributed by atoms with Gasteiger partial charge in [0.1, 0.15) is 84.3 Å². The van der Waals surface area contributed by atoms with E-state index in [1.807, 2.05) is 32.0 Å². The lowest BCUT2D eigenvalue weighted by Gasteiger charge is -2.36. The van der Waals surface area contributed by atoms with Gasteiger partial charge in [-0.25, -0.2) is 0 Å². The number of likely N-dealkylation sites (N-methyl/N-ethyl adjacent to an activating group) is 3. The smallest absolute Gasteiger partial charge is 0.246 e. The molecule has 0 radical (unpaired) electrons. The van der Waals surface area contributed by atoms with Crippen molar-refractivity contribution in [3.05, 3.63) is 102 Å². The van der Waals surface area contributed by atoms with Crippen LogP contribution in [0.2, 0.25) is 0 Å². The number of amides is 17. The normalized spacial score (nSPS) is 25.3. The molecule has 6 heterocycles. The number of aromatic hydroxyl groups is 1. The first-order chi connectivity index (χ1) is 62.4. The molecule has 0 aliphatic carbocycles. The maximum atomic E-state index is 15.6. The van der Waals surface area contributed by atoms with Gasteiger partial charge in [0.05, 0.1) is 31.4 Å². The third kappa shape index (κ3) is 28.2. The zero-order valence-electron chi connectivity index (χ0n) is 76.3. The van der Waals surface area contributed by atoms with Crippen LogP contribution in [-0.2, 0) is 101 Å². The Bertz CT molecular complexity index is 4900. The fraction of sp³-hybridized carbons (Fsp3) is 0.571. The van der Waals surface area contributed by atoms with Crippen LogP contribution in [0, 0.1) is 11.8 Å². The minimum atomic E-state index is -1.75. The average molecular weight is 1840 g/mol. The Hall–Kier alpha value is -12.2. The summed E-state index contributed by atoms with van der Waals surface area (Å²) in [5.41, 5.74) is 14.8. The van der Waals surface area contributed by atoms with Gasteiger partial charge in [-0.15, -0.1) is 11.8 Å². The zero-order valence-corrected chi connectivity index (χ0v) is 77.1. The Balaban J connectivity index is 1.07. The number of nitrogens with zero attached hydrogens (tertiary/aromatic N) is 6. The van der Waals surface area contributed by atoms with Gasteiger partial charge in [0.2, 0.25) is 100 Å². The molecule has 17 amide bonds. The number of unbranched alkanes of at least 4 members (excludes halogenated alkanes) is 2. The van der Waals surface area contributed by atoms with Crippen LogP contribution in [-0.4, -0.2) is 313 Å². The summed E-state index contributed by atoms with van der Waals surface area (Å²) in [6.07, 6.45) is 3.96. The first-order valence-electron chi connectivity index (χ1n) is 45.2. The Labute approximate surface area is 766 Å². The number of hydrogen-bond acceptors (Lipinski definition) is 21. The number of benzene rings is 3. The molecule has 18 N–H and O–H groups in total. The number of aliphatic hydroxyl groups excluding tert-OH is 1. The molecule has 0 saturated carbocycles. The molecule has 9 rings (SSSR count). The van der Waals surface area contributed by atoms with E-state index in [0.29, 0.717) is 77.3 Å². The summed E-state index contributed by atoms with van der Waals surface area (Å²) in [5.74, 6) is -15.8. The Morgan fingerprint density at radius 3 is 1.67 bits per heavy atom. The first-order valence-corrected chi connectivity index (χ1v) is 46.3. The van der Waals surface area contributed by atoms with E-state index in [4.69, 9.17) is 11.5 Å². The highest BCUT2D eigenvalue weighted by Crippen LogP contribution is 2.28. The van der Waals surface area contributed by atoms with Gasteiger partial charge >= 0.3 is 0 Å². The van der Waals surface area contributed by atoms with E-state index >= 15 is 28.8 Å². The summed E-state index contributed by atoms with van der Waals surface area (Å²) in [5, 5.41) is 49.9. The van der Waals surface area contributed by atoms with Crippen molar-refractivity contribution in [2.45, 2.75) is 242 Å². The van der Waals surface area contributed by atoms with E-state index in [2.05, 4.69) is 63.1 Å². The summed E-state index contributed by atoms with van der Waals surface area (Å²) in [6, 6.07) is 1.13. The van der Waals surface area contributed by atoms with Gasteiger partial charge in [0, 0.05) is 120 Å². The molecule has 5 aromatic rings. The SMILES string of the molecule is CCCC[C@H]1C(=O)N(C)[C@@H](CCCC)C(=O)N[C@@H](CC(C)C)C(=O)N[C@H](C(=O)NCC(=O)N2CCCC2)CSCC(=O)N[C@@H](Cc2ccc(O)cc2)C(=O)N(C)[C@@H](C)C(=O)N[C@@H](CC(N)=O)C(=O)N2CCC[C@H]2C(=O)N[C@@H](CN)C(=O)N[C@@H](CC(C)C)C(=O)N2C[C@H](O)C[C@H]2C(=O)N[C@@H](Cc2c[nH]c3ccccc23)C(=O)NCC(=O)NC(Cc2c[nH]c3ccccc23)C(=O)N1C. The highest BCUT2D eigenvalue weighted by atomic mass is 32.2. The van der Waals surface area contributed by atoms with Crippen LogP contribution in [0.3, 0.4) is 0 Å². The molecule has 131 heavy (non-hydrogen) atoms. The van der Waals surface area contributed by atoms with Crippen molar-refractivity contribution in [1.29, 1.82) is 0 Å². The third-order valence-corrected chi connectivity index (χ3v) is 25.4. The standard InChI is InChI=1S/C91H130N20O19S/c1-11-13-26-71-84(123)100-63(36-51(3)4)82(121)105-70(81(120)97-47-78(117)109-33-19-20-34-109)49-131-50-77(116)99-66(38-54-29-31-57(112)32-30-54)87(126)106(8)53(7)79(118)102-68(42-75(93)114)89(128)110-35-21-28-72(110)85(124)104-69(43-92)83(122)103-65(37-52(5)6)90(129)111-48-58(113)41-74(111)86(125)101-64(39-55-44-94-61-24-17-15-22-59(55)61)80(119)96-46-76(115)98-67(40-56-45-95-62-25-18-16-23-60(56)62)88(127)108(10)73(27-14-12-2)91(130)107(71)9/h15-18,22-25,29-32,44-45,51-53,58,63-74,94-95,112-113H,11-14,19-21,26-28,33-43,46-50,92H2,1-10H3,(H2,93,114)(H,96,119)(H,97,120)(H,98,115)(H,99,116)(H,100,123)(H,101,125)(H,102,118)(H,103,122)(H,104,124)(H,105,121)/t53-,58+,63-,64-,65-,66-,67?,68-,69-,70-,71-,72-,73-,74-/m0/s1. The largest absolute Gasteiger partial charge is 0.508 e. The lowest BCUT2D eigenvalue weighted by Crippen LogP contribution is -2.61. The van der Waals surface area contributed by atoms with Crippen molar-refractivity contribution in [1.82, 2.24) is 92.5 Å². The second kappa shape index (κ2) is 48.6. The number of aliphatic hydroxyl groups is 1. The molecular formula is C91H130N20O19S. The molecule has 1 unspecified atom stereocenters. The van der Waals surface area contributed by atoms with Crippen molar-refractivity contribution in [2.24, 2.45) is 23.3 Å². The number of primary amides is 1. The van der Waals surface area contributed by atoms with Crippen LogP contribution >= 0.6 is 11.8 Å². The number of hydrogen-bond donors (Lipinski definition) is 16. The van der Waals surface area contributed by atoms with Gasteiger partial charge < -0.3 is 114 Å². The molecule has 39 nitrogen and oxygen atoms in total. The van der Waals surface area contributed by atoms with Crippen LogP contribution in [0.25, 0.3) is 21.8 Å². The molecule has 0 spiro atoms. The summed E-state index contributed by atoms with van der Waals surface area (Å²) < 4.78 is 0. The number of thioether (sulfide) groups is 1. The Morgan fingerprint density at radius 2 is 1.06 bits per heavy atom. The molecule has 4 aliphatic rings. The van der Waals surface area contributed by atoms with Gasteiger partial charge in [0.25, 0.3) is 0 Å². The molecule has 3 aromatic carbocycles. The van der Waals surface area contributed by atoms with Crippen LogP contribution in [0.4, 0.5) is 0 Å². The van der Waals surface area contributed by atoms with Crippen molar-refractivity contribution in [2.75, 3.05) is 78.5 Å². The van der Waals surface area contributed by atoms with Gasteiger partial charge in [-0.3, -0.25) is 81.5 Å². The van der Waals surface area contributed by atoms with Crippen LogP contribution < -0.4 is 64.6 Å². The van der Waals surface area contributed by atoms with Gasteiger partial charge in [-0.05, 0) is 111 Å². The van der Waals surface area contributed by atoms with E-state index in [1.165, 1.54) is 62.1 Å². The number of aromatic amines is 2. The summed E-state index contributed by atoms with van der Waals surface area (Å²) in [7, 11) is 4.07. The number of phenols is 1. The number of carbonyl (C=O) groups excluding carboxylic acids is 17. The van der Waals surface area contributed by atoms with Crippen molar-refractivity contribution in [3.63, 3.8) is 0 Å². The van der Waals surface area contributed by atoms with Gasteiger partial charge in [0.15, 0.2) is 0 Å². The predicted octanol–water partition coefficient (Wildman–Crippen LogP) is -0.377.